The van der Waals surface area contributed by atoms with Gasteiger partial charge < -0.3 is 10.1 Å². The number of anilines is 1. The average Bonchev–Trinajstić information content (AvgIpc) is 2.51. The summed E-state index contributed by atoms with van der Waals surface area (Å²) in [6.45, 7) is 2.42. The number of carbonyl (C=O) groups excluding carboxylic acids is 1. The lowest BCUT2D eigenvalue weighted by molar-refractivity contribution is 0.252. The molecule has 0 bridgehead atoms. The van der Waals surface area contributed by atoms with Gasteiger partial charge in [0.05, 0.1) is 12.8 Å². The zero-order valence-corrected chi connectivity index (χ0v) is 12.8. The van der Waals surface area contributed by atoms with Crippen molar-refractivity contribution in [2.75, 3.05) is 11.9 Å². The van der Waals surface area contributed by atoms with Gasteiger partial charge in [-0.05, 0) is 37.3 Å². The molecule has 22 heavy (non-hydrogen) atoms. The van der Waals surface area contributed by atoms with Crippen molar-refractivity contribution in [3.8, 4) is 5.75 Å². The molecule has 5 nitrogen and oxygen atoms in total. The second kappa shape index (κ2) is 8.05. The van der Waals surface area contributed by atoms with Crippen molar-refractivity contribution in [1.82, 2.24) is 5.43 Å². The maximum Gasteiger partial charge on any atom is 0.339 e. The smallest absolute Gasteiger partial charge is 0.339 e. The molecule has 0 radical (unpaired) electrons. The van der Waals surface area contributed by atoms with Crippen LogP contribution in [0.5, 0.6) is 5.75 Å². The zero-order chi connectivity index (χ0) is 15.8. The third kappa shape index (κ3) is 4.79. The lowest BCUT2D eigenvalue weighted by Crippen LogP contribution is -2.24. The van der Waals surface area contributed by atoms with Gasteiger partial charge in [-0.1, -0.05) is 29.8 Å². The van der Waals surface area contributed by atoms with E-state index in [0.717, 1.165) is 0 Å². The minimum Gasteiger partial charge on any atom is -0.493 e. The van der Waals surface area contributed by atoms with Gasteiger partial charge in [-0.2, -0.15) is 5.10 Å². The molecule has 2 rings (SSSR count). The summed E-state index contributed by atoms with van der Waals surface area (Å²) in [6, 6.07) is 13.9. The Balaban J connectivity index is 1.97. The molecule has 0 fully saturated rings. The van der Waals surface area contributed by atoms with E-state index in [0.29, 0.717) is 28.6 Å². The number of nitrogens with zero attached hydrogens (tertiary/aromatic N) is 1. The fraction of sp³-hybridized carbons (Fsp3) is 0.125. The fourth-order valence-electron chi connectivity index (χ4n) is 1.75. The van der Waals surface area contributed by atoms with Gasteiger partial charge in [0, 0.05) is 16.3 Å². The molecule has 0 aromatic heterocycles. The highest BCUT2D eigenvalue weighted by molar-refractivity contribution is 6.30. The van der Waals surface area contributed by atoms with Crippen molar-refractivity contribution in [2.45, 2.75) is 6.92 Å². The molecule has 2 aromatic rings. The van der Waals surface area contributed by atoms with Crippen molar-refractivity contribution >= 4 is 29.5 Å². The van der Waals surface area contributed by atoms with Crippen LogP contribution in [0.4, 0.5) is 10.5 Å². The number of amides is 2. The second-order valence-corrected chi connectivity index (χ2v) is 4.74. The van der Waals surface area contributed by atoms with Crippen LogP contribution in [0.25, 0.3) is 0 Å². The lowest BCUT2D eigenvalue weighted by atomic mass is 10.2. The summed E-state index contributed by atoms with van der Waals surface area (Å²) >= 11 is 5.95. The lowest BCUT2D eigenvalue weighted by Gasteiger charge is -2.07. The van der Waals surface area contributed by atoms with E-state index in [-0.39, 0.29) is 0 Å². The van der Waals surface area contributed by atoms with Crippen LogP contribution in [-0.4, -0.2) is 18.9 Å². The zero-order valence-electron chi connectivity index (χ0n) is 12.0. The Kier molecular flexibility index (Phi) is 5.80. The van der Waals surface area contributed by atoms with Crippen LogP contribution in [0.1, 0.15) is 12.5 Å². The Morgan fingerprint density at radius 2 is 2.05 bits per heavy atom. The summed E-state index contributed by atoms with van der Waals surface area (Å²) in [5.74, 6) is 0.654. The van der Waals surface area contributed by atoms with Crippen LogP contribution >= 0.6 is 11.6 Å². The molecular weight excluding hydrogens is 302 g/mol. The van der Waals surface area contributed by atoms with E-state index in [4.69, 9.17) is 16.3 Å². The summed E-state index contributed by atoms with van der Waals surface area (Å²) in [5, 5.41) is 7.12. The highest BCUT2D eigenvalue weighted by Gasteiger charge is 2.03. The highest BCUT2D eigenvalue weighted by Crippen LogP contribution is 2.21. The van der Waals surface area contributed by atoms with Crippen LogP contribution in [0.3, 0.4) is 0 Å². The van der Waals surface area contributed by atoms with Gasteiger partial charge in [0.15, 0.2) is 0 Å². The molecular formula is C16H16ClN3O2. The number of urea groups is 1. The summed E-state index contributed by atoms with van der Waals surface area (Å²) in [7, 11) is 0. The first kappa shape index (κ1) is 15.9. The first-order chi connectivity index (χ1) is 10.7. The Hall–Kier alpha value is -2.53. The second-order valence-electron chi connectivity index (χ2n) is 4.31. The summed E-state index contributed by atoms with van der Waals surface area (Å²) < 4.78 is 5.47. The van der Waals surface area contributed by atoms with E-state index in [1.165, 1.54) is 6.21 Å². The number of rotatable bonds is 5. The monoisotopic (exact) mass is 317 g/mol. The van der Waals surface area contributed by atoms with Crippen LogP contribution in [0.15, 0.2) is 53.6 Å². The van der Waals surface area contributed by atoms with Crippen LogP contribution < -0.4 is 15.5 Å². The van der Waals surface area contributed by atoms with E-state index >= 15 is 0 Å². The molecule has 0 spiro atoms. The molecule has 0 aliphatic rings. The number of halogens is 1. The molecule has 0 aliphatic carbocycles. The van der Waals surface area contributed by atoms with E-state index in [1.807, 2.05) is 25.1 Å². The maximum atomic E-state index is 11.7. The Morgan fingerprint density at radius 3 is 2.77 bits per heavy atom. The van der Waals surface area contributed by atoms with Crippen molar-refractivity contribution in [1.29, 1.82) is 0 Å². The number of benzene rings is 2. The third-order valence-corrected chi connectivity index (χ3v) is 2.91. The largest absolute Gasteiger partial charge is 0.493 e. The molecule has 0 aliphatic heterocycles. The van der Waals surface area contributed by atoms with Gasteiger partial charge in [-0.25, -0.2) is 10.2 Å². The molecule has 2 N–H and O–H groups in total. The minimum atomic E-state index is -0.428. The number of para-hydroxylation sites is 1. The van der Waals surface area contributed by atoms with Crippen LogP contribution in [0.2, 0.25) is 5.02 Å². The number of carbonyl (C=O) groups is 1. The van der Waals surface area contributed by atoms with Crippen molar-refractivity contribution in [2.24, 2.45) is 5.10 Å². The molecule has 2 amide bonds. The van der Waals surface area contributed by atoms with Gasteiger partial charge in [0.1, 0.15) is 5.75 Å². The number of hydrazone groups is 1. The van der Waals surface area contributed by atoms with Crippen LogP contribution in [-0.2, 0) is 0 Å². The Bertz CT molecular complexity index is 660. The average molecular weight is 318 g/mol. The maximum absolute atomic E-state index is 11.7. The molecule has 0 atom stereocenters. The van der Waals surface area contributed by atoms with Gasteiger partial charge >= 0.3 is 6.03 Å². The van der Waals surface area contributed by atoms with Crippen molar-refractivity contribution in [3.63, 3.8) is 0 Å². The number of ether oxygens (including phenoxy) is 1. The molecule has 6 heteroatoms. The molecule has 0 unspecified atom stereocenters. The van der Waals surface area contributed by atoms with E-state index in [1.54, 1.807) is 30.3 Å². The van der Waals surface area contributed by atoms with Gasteiger partial charge in [-0.15, -0.1) is 0 Å². The number of nitrogens with one attached hydrogen (secondary N) is 2. The SMILES string of the molecule is CCOc1ccc(Cl)cc1/C=N/NC(=O)Nc1ccccc1. The standard InChI is InChI=1S/C16H16ClN3O2/c1-2-22-15-9-8-13(17)10-12(15)11-18-20-16(21)19-14-6-4-3-5-7-14/h3-11H,2H2,1H3,(H2,19,20,21)/b18-11+. The molecule has 114 valence electrons. The Labute approximate surface area is 133 Å². The first-order valence-corrected chi connectivity index (χ1v) is 7.14. The summed E-state index contributed by atoms with van der Waals surface area (Å²) in [4.78, 5) is 11.7. The van der Waals surface area contributed by atoms with Crippen LogP contribution in [0, 0.1) is 0 Å². The highest BCUT2D eigenvalue weighted by atomic mass is 35.5. The molecule has 2 aromatic carbocycles. The fourth-order valence-corrected chi connectivity index (χ4v) is 1.93. The van der Waals surface area contributed by atoms with E-state index in [2.05, 4.69) is 15.8 Å². The molecule has 0 saturated heterocycles. The predicted molar refractivity (Wildman–Crippen MR) is 88.8 cm³/mol. The quantitative estimate of drug-likeness (QED) is 0.649. The van der Waals surface area contributed by atoms with Gasteiger partial charge in [0.2, 0.25) is 0 Å². The summed E-state index contributed by atoms with van der Waals surface area (Å²) in [5.41, 5.74) is 3.77. The normalized spacial score (nSPS) is 10.5. The van der Waals surface area contributed by atoms with Gasteiger partial charge in [-0.3, -0.25) is 0 Å². The van der Waals surface area contributed by atoms with Crippen molar-refractivity contribution < 1.29 is 9.53 Å². The summed E-state index contributed by atoms with van der Waals surface area (Å²) in [6.07, 6.45) is 1.49. The topological polar surface area (TPSA) is 62.7 Å². The predicted octanol–water partition coefficient (Wildman–Crippen LogP) is 3.89. The Morgan fingerprint density at radius 1 is 1.27 bits per heavy atom. The van der Waals surface area contributed by atoms with Gasteiger partial charge in [0.25, 0.3) is 0 Å². The third-order valence-electron chi connectivity index (χ3n) is 2.67. The molecule has 0 saturated carbocycles. The molecule has 0 heterocycles. The van der Waals surface area contributed by atoms with Crippen molar-refractivity contribution in [3.05, 3.63) is 59.1 Å². The van der Waals surface area contributed by atoms with E-state index < -0.39 is 6.03 Å². The van der Waals surface area contributed by atoms with E-state index in [9.17, 15) is 4.79 Å². The minimum absolute atomic E-state index is 0.428. The number of hydrogen-bond donors (Lipinski definition) is 2. The number of hydrogen-bond acceptors (Lipinski definition) is 3. The first-order valence-electron chi connectivity index (χ1n) is 6.76.